The number of aromatic nitrogens is 1. The lowest BCUT2D eigenvalue weighted by molar-refractivity contribution is 0.102. The Balaban J connectivity index is 1.76. The van der Waals surface area contributed by atoms with E-state index in [1.54, 1.807) is 0 Å². The quantitative estimate of drug-likeness (QED) is 0.378. The topological polar surface area (TPSA) is 95.3 Å². The van der Waals surface area contributed by atoms with Gasteiger partial charge in [-0.05, 0) is 46.6 Å². The van der Waals surface area contributed by atoms with Gasteiger partial charge >= 0.3 is 0 Å². The fourth-order valence-electron chi connectivity index (χ4n) is 2.47. The summed E-state index contributed by atoms with van der Waals surface area (Å²) in [6, 6.07) is 15.1. The standard InChI is InChI=1S/C19H18BrN5O/c1-11(24-25-12(2)21)13-7-9-14(10-8-13)22-19(26)18-17(20)15-5-3-4-6-16(15)23-18/h3-10,23,25H,2,21H2,1H3,(H,22,26)/b24-11-. The number of nitrogens with one attached hydrogen (secondary N) is 3. The molecule has 3 aromatic rings. The van der Waals surface area contributed by atoms with Gasteiger partial charge in [-0.3, -0.25) is 10.2 Å². The molecule has 0 aliphatic heterocycles. The number of para-hydroxylation sites is 1. The maximum absolute atomic E-state index is 12.6. The Labute approximate surface area is 159 Å². The van der Waals surface area contributed by atoms with Gasteiger partial charge < -0.3 is 16.0 Å². The minimum Gasteiger partial charge on any atom is -0.385 e. The molecule has 1 aromatic heterocycles. The number of fused-ring (bicyclic) bond motifs is 1. The van der Waals surface area contributed by atoms with Crippen LogP contribution in [0.15, 0.2) is 70.5 Å². The molecule has 0 bridgehead atoms. The number of H-pyrrole nitrogens is 1. The highest BCUT2D eigenvalue weighted by Crippen LogP contribution is 2.28. The lowest BCUT2D eigenvalue weighted by atomic mass is 10.1. The number of hydrazone groups is 1. The van der Waals surface area contributed by atoms with Crippen LogP contribution in [-0.4, -0.2) is 16.6 Å². The maximum Gasteiger partial charge on any atom is 0.273 e. The fraction of sp³-hybridized carbons (Fsp3) is 0.0526. The first kappa shape index (κ1) is 17.8. The zero-order valence-corrected chi connectivity index (χ0v) is 15.7. The zero-order valence-electron chi connectivity index (χ0n) is 14.1. The molecule has 1 heterocycles. The molecule has 0 saturated heterocycles. The van der Waals surface area contributed by atoms with Crippen LogP contribution >= 0.6 is 15.9 Å². The third-order valence-electron chi connectivity index (χ3n) is 3.80. The molecular formula is C19H18BrN5O. The van der Waals surface area contributed by atoms with Gasteiger partial charge in [0, 0.05) is 16.6 Å². The number of anilines is 1. The summed E-state index contributed by atoms with van der Waals surface area (Å²) in [6.45, 7) is 5.38. The van der Waals surface area contributed by atoms with Gasteiger partial charge in [-0.2, -0.15) is 5.10 Å². The van der Waals surface area contributed by atoms with Crippen LogP contribution in [0, 0.1) is 0 Å². The number of nitrogens with two attached hydrogens (primary N) is 1. The van der Waals surface area contributed by atoms with Crippen molar-refractivity contribution in [2.45, 2.75) is 6.92 Å². The van der Waals surface area contributed by atoms with Crippen molar-refractivity contribution < 1.29 is 4.79 Å². The Morgan fingerprint density at radius 1 is 1.19 bits per heavy atom. The van der Waals surface area contributed by atoms with E-state index in [2.05, 4.69) is 43.3 Å². The van der Waals surface area contributed by atoms with Crippen LogP contribution in [-0.2, 0) is 0 Å². The van der Waals surface area contributed by atoms with Crippen LogP contribution in [0.2, 0.25) is 0 Å². The Morgan fingerprint density at radius 2 is 1.88 bits per heavy atom. The molecular weight excluding hydrogens is 394 g/mol. The molecule has 0 fully saturated rings. The molecule has 0 radical (unpaired) electrons. The summed E-state index contributed by atoms with van der Waals surface area (Å²) in [7, 11) is 0. The van der Waals surface area contributed by atoms with Crippen molar-refractivity contribution >= 4 is 44.1 Å². The van der Waals surface area contributed by atoms with E-state index < -0.39 is 0 Å². The Kier molecular flexibility index (Phi) is 5.09. The molecule has 0 spiro atoms. The lowest BCUT2D eigenvalue weighted by Gasteiger charge is -2.07. The van der Waals surface area contributed by atoms with Crippen molar-refractivity contribution in [1.82, 2.24) is 10.4 Å². The first-order chi connectivity index (χ1) is 12.5. The molecule has 3 rings (SSSR count). The molecule has 26 heavy (non-hydrogen) atoms. The van der Waals surface area contributed by atoms with Gasteiger partial charge in [-0.1, -0.05) is 36.9 Å². The van der Waals surface area contributed by atoms with E-state index in [0.717, 1.165) is 26.7 Å². The third-order valence-corrected chi connectivity index (χ3v) is 4.62. The van der Waals surface area contributed by atoms with Crippen molar-refractivity contribution in [3.63, 3.8) is 0 Å². The summed E-state index contributed by atoms with van der Waals surface area (Å²) in [4.78, 5) is 15.7. The van der Waals surface area contributed by atoms with E-state index >= 15 is 0 Å². The highest BCUT2D eigenvalue weighted by atomic mass is 79.9. The van der Waals surface area contributed by atoms with Crippen LogP contribution in [0.1, 0.15) is 23.0 Å². The van der Waals surface area contributed by atoms with E-state index in [0.29, 0.717) is 11.4 Å². The van der Waals surface area contributed by atoms with Gasteiger partial charge in [0.2, 0.25) is 0 Å². The van der Waals surface area contributed by atoms with Crippen LogP contribution < -0.4 is 16.5 Å². The predicted molar refractivity (Wildman–Crippen MR) is 109 cm³/mol. The number of halogens is 1. The summed E-state index contributed by atoms with van der Waals surface area (Å²) in [6.07, 6.45) is 0. The molecule has 0 atom stereocenters. The Bertz CT molecular complexity index is 1000. The summed E-state index contributed by atoms with van der Waals surface area (Å²) in [5, 5.41) is 7.96. The Morgan fingerprint density at radius 3 is 2.54 bits per heavy atom. The molecule has 132 valence electrons. The van der Waals surface area contributed by atoms with Crippen LogP contribution in [0.25, 0.3) is 10.9 Å². The van der Waals surface area contributed by atoms with Crippen molar-refractivity contribution in [3.05, 3.63) is 76.7 Å². The molecule has 0 saturated carbocycles. The third kappa shape index (κ3) is 3.78. The van der Waals surface area contributed by atoms with E-state index in [9.17, 15) is 4.79 Å². The maximum atomic E-state index is 12.6. The molecule has 7 heteroatoms. The largest absolute Gasteiger partial charge is 0.385 e. The molecule has 6 nitrogen and oxygen atoms in total. The molecule has 2 aromatic carbocycles. The number of nitrogens with zero attached hydrogens (tertiary/aromatic N) is 1. The number of carbonyl (C=O) groups excluding carboxylic acids is 1. The van der Waals surface area contributed by atoms with Crippen molar-refractivity contribution in [2.75, 3.05) is 5.32 Å². The first-order valence-electron chi connectivity index (χ1n) is 7.88. The van der Waals surface area contributed by atoms with Gasteiger partial charge in [-0.15, -0.1) is 0 Å². The van der Waals surface area contributed by atoms with E-state index in [-0.39, 0.29) is 11.7 Å². The Hall–Kier alpha value is -3.06. The fourth-order valence-corrected chi connectivity index (χ4v) is 3.10. The normalized spacial score (nSPS) is 11.4. The van der Waals surface area contributed by atoms with Crippen molar-refractivity contribution in [2.24, 2.45) is 10.8 Å². The number of rotatable bonds is 5. The van der Waals surface area contributed by atoms with Gasteiger partial charge in [0.25, 0.3) is 5.91 Å². The van der Waals surface area contributed by atoms with Crippen LogP contribution in [0.4, 0.5) is 5.69 Å². The predicted octanol–water partition coefficient (Wildman–Crippen LogP) is 3.93. The molecule has 0 aliphatic carbocycles. The van der Waals surface area contributed by atoms with Gasteiger partial charge in [0.05, 0.1) is 10.2 Å². The monoisotopic (exact) mass is 411 g/mol. The summed E-state index contributed by atoms with van der Waals surface area (Å²) >= 11 is 3.49. The number of amides is 1. The minimum absolute atomic E-state index is 0.215. The number of aromatic amines is 1. The second-order valence-electron chi connectivity index (χ2n) is 5.73. The molecule has 1 amide bonds. The van der Waals surface area contributed by atoms with Crippen LogP contribution in [0.5, 0.6) is 0 Å². The number of carbonyl (C=O) groups is 1. The van der Waals surface area contributed by atoms with Gasteiger partial charge in [-0.25, -0.2) is 0 Å². The van der Waals surface area contributed by atoms with Gasteiger partial charge in [0.1, 0.15) is 11.5 Å². The average molecular weight is 412 g/mol. The minimum atomic E-state index is -0.215. The summed E-state index contributed by atoms with van der Waals surface area (Å²) < 4.78 is 0.748. The first-order valence-corrected chi connectivity index (χ1v) is 8.67. The van der Waals surface area contributed by atoms with E-state index in [1.165, 1.54) is 0 Å². The van der Waals surface area contributed by atoms with E-state index in [1.807, 2.05) is 55.5 Å². The van der Waals surface area contributed by atoms with Crippen molar-refractivity contribution in [1.29, 1.82) is 0 Å². The SMILES string of the molecule is C=C(N)N/N=C(/C)c1ccc(NC(=O)c2[nH]c3ccccc3c2Br)cc1. The number of hydrogen-bond donors (Lipinski definition) is 4. The second-order valence-corrected chi connectivity index (χ2v) is 6.52. The highest BCUT2D eigenvalue weighted by Gasteiger charge is 2.15. The molecule has 5 N–H and O–H groups in total. The van der Waals surface area contributed by atoms with Crippen molar-refractivity contribution in [3.8, 4) is 0 Å². The smallest absolute Gasteiger partial charge is 0.273 e. The van der Waals surface area contributed by atoms with E-state index in [4.69, 9.17) is 5.73 Å². The summed E-state index contributed by atoms with van der Waals surface area (Å²) in [5.41, 5.74) is 11.8. The lowest BCUT2D eigenvalue weighted by Crippen LogP contribution is -2.15. The average Bonchev–Trinajstić information content (AvgIpc) is 2.97. The second kappa shape index (κ2) is 7.45. The van der Waals surface area contributed by atoms with Gasteiger partial charge in [0.15, 0.2) is 0 Å². The number of hydrogen-bond acceptors (Lipinski definition) is 4. The van der Waals surface area contributed by atoms with Crippen LogP contribution in [0.3, 0.4) is 0 Å². The number of benzene rings is 2. The zero-order chi connectivity index (χ0) is 18.7. The summed E-state index contributed by atoms with van der Waals surface area (Å²) in [5.74, 6) is 0.0597. The highest BCUT2D eigenvalue weighted by molar-refractivity contribution is 9.10. The molecule has 0 unspecified atom stereocenters. The molecule has 0 aliphatic rings.